The van der Waals surface area contributed by atoms with Gasteiger partial charge < -0.3 is 4.74 Å². The van der Waals surface area contributed by atoms with Gasteiger partial charge >= 0.3 is 5.97 Å². The molecule has 0 radical (unpaired) electrons. The van der Waals surface area contributed by atoms with Gasteiger partial charge in [0, 0.05) is 4.75 Å². The maximum absolute atomic E-state index is 11.0. The molecule has 72 valence electrons. The molecule has 0 amide bonds. The first-order valence-electron chi connectivity index (χ1n) is 4.25. The maximum Gasteiger partial charge on any atom is 0.315 e. The van der Waals surface area contributed by atoms with Crippen molar-refractivity contribution in [3.05, 3.63) is 0 Å². The average Bonchev–Trinajstić information content (AvgIpc) is 1.95. The molecule has 0 bridgehead atoms. The minimum atomic E-state index is -0.100. The van der Waals surface area contributed by atoms with E-state index in [0.717, 1.165) is 6.42 Å². The molecule has 0 aliphatic carbocycles. The van der Waals surface area contributed by atoms with Crippen LogP contribution in [0.15, 0.2) is 0 Å². The summed E-state index contributed by atoms with van der Waals surface area (Å²) < 4.78 is 5.07. The highest BCUT2D eigenvalue weighted by Gasteiger charge is 2.13. The molecule has 0 aromatic heterocycles. The molecule has 0 saturated carbocycles. The van der Waals surface area contributed by atoms with Crippen LogP contribution in [-0.4, -0.2) is 23.1 Å². The summed E-state index contributed by atoms with van der Waals surface area (Å²) in [6, 6.07) is 0. The smallest absolute Gasteiger partial charge is 0.315 e. The number of carbonyl (C=O) groups excluding carboxylic acids is 1. The molecule has 0 rings (SSSR count). The topological polar surface area (TPSA) is 26.3 Å². The molecule has 0 N–H and O–H groups in total. The lowest BCUT2D eigenvalue weighted by Crippen LogP contribution is -2.15. The second-order valence-corrected chi connectivity index (χ2v) is 5.42. The first-order chi connectivity index (χ1) is 5.45. The van der Waals surface area contributed by atoms with Gasteiger partial charge in [-0.05, 0) is 6.42 Å². The van der Waals surface area contributed by atoms with Gasteiger partial charge in [-0.3, -0.25) is 4.79 Å². The summed E-state index contributed by atoms with van der Waals surface area (Å²) >= 11 is 1.62. The maximum atomic E-state index is 11.0. The Balaban J connectivity index is 3.44. The van der Waals surface area contributed by atoms with Gasteiger partial charge in [-0.1, -0.05) is 27.7 Å². The van der Waals surface area contributed by atoms with Gasteiger partial charge in [-0.25, -0.2) is 0 Å². The van der Waals surface area contributed by atoms with E-state index in [9.17, 15) is 4.79 Å². The third-order valence-corrected chi connectivity index (χ3v) is 2.34. The van der Waals surface area contributed by atoms with E-state index in [1.807, 2.05) is 6.92 Å². The van der Waals surface area contributed by atoms with E-state index in [0.29, 0.717) is 12.4 Å². The SMILES string of the molecule is CCCOC(=O)CSC(C)(C)C. The molecule has 0 aliphatic rings. The van der Waals surface area contributed by atoms with Crippen molar-refractivity contribution in [1.82, 2.24) is 0 Å². The molecule has 2 nitrogen and oxygen atoms in total. The fraction of sp³-hybridized carbons (Fsp3) is 0.889. The predicted octanol–water partition coefficient (Wildman–Crippen LogP) is 2.47. The van der Waals surface area contributed by atoms with Gasteiger partial charge in [-0.15, -0.1) is 11.8 Å². The largest absolute Gasteiger partial charge is 0.465 e. The lowest BCUT2D eigenvalue weighted by Gasteiger charge is -2.16. The van der Waals surface area contributed by atoms with Gasteiger partial charge in [0.2, 0.25) is 0 Å². The Kier molecular flexibility index (Phi) is 5.38. The molecular formula is C9H18O2S. The highest BCUT2D eigenvalue weighted by Crippen LogP contribution is 2.22. The van der Waals surface area contributed by atoms with Crippen molar-refractivity contribution in [3.63, 3.8) is 0 Å². The third-order valence-electron chi connectivity index (χ3n) is 1.09. The molecule has 0 aromatic rings. The van der Waals surface area contributed by atoms with E-state index in [-0.39, 0.29) is 10.7 Å². The fourth-order valence-electron chi connectivity index (χ4n) is 0.533. The van der Waals surface area contributed by atoms with Crippen LogP contribution in [0.4, 0.5) is 0 Å². The number of hydrogen-bond acceptors (Lipinski definition) is 3. The van der Waals surface area contributed by atoms with Crippen LogP contribution in [0.1, 0.15) is 34.1 Å². The summed E-state index contributed by atoms with van der Waals surface area (Å²) in [4.78, 5) is 11.0. The summed E-state index contributed by atoms with van der Waals surface area (Å²) in [5.41, 5.74) is 0. The minimum absolute atomic E-state index is 0.100. The zero-order valence-electron chi connectivity index (χ0n) is 8.35. The van der Waals surface area contributed by atoms with Crippen LogP contribution in [-0.2, 0) is 9.53 Å². The molecule has 0 spiro atoms. The van der Waals surface area contributed by atoms with Crippen LogP contribution in [0, 0.1) is 0 Å². The van der Waals surface area contributed by atoms with E-state index >= 15 is 0 Å². The van der Waals surface area contributed by atoms with E-state index in [2.05, 4.69) is 20.8 Å². The molecule has 12 heavy (non-hydrogen) atoms. The van der Waals surface area contributed by atoms with Crippen molar-refractivity contribution in [1.29, 1.82) is 0 Å². The van der Waals surface area contributed by atoms with Crippen molar-refractivity contribution < 1.29 is 9.53 Å². The predicted molar refractivity (Wildman–Crippen MR) is 53.5 cm³/mol. The van der Waals surface area contributed by atoms with E-state index in [1.165, 1.54) is 0 Å². The summed E-state index contributed by atoms with van der Waals surface area (Å²) in [6.45, 7) is 8.80. The highest BCUT2D eigenvalue weighted by atomic mass is 32.2. The van der Waals surface area contributed by atoms with Crippen LogP contribution in [0.2, 0.25) is 0 Å². The average molecular weight is 190 g/mol. The zero-order chi connectivity index (χ0) is 9.61. The number of esters is 1. The molecule has 3 heteroatoms. The van der Waals surface area contributed by atoms with Crippen molar-refractivity contribution in [2.45, 2.75) is 38.9 Å². The summed E-state index contributed by atoms with van der Waals surface area (Å²) in [5, 5.41) is 0. The fourth-order valence-corrected chi connectivity index (χ4v) is 1.17. The molecule has 0 heterocycles. The summed E-state index contributed by atoms with van der Waals surface area (Å²) in [7, 11) is 0. The van der Waals surface area contributed by atoms with Crippen molar-refractivity contribution >= 4 is 17.7 Å². The van der Waals surface area contributed by atoms with Crippen LogP contribution in [0.25, 0.3) is 0 Å². The summed E-state index contributed by atoms with van der Waals surface area (Å²) in [6.07, 6.45) is 0.895. The lowest BCUT2D eigenvalue weighted by molar-refractivity contribution is -0.140. The number of hydrogen-bond donors (Lipinski definition) is 0. The molecule has 0 unspecified atom stereocenters. The van der Waals surface area contributed by atoms with Gasteiger partial charge in [0.1, 0.15) is 0 Å². The lowest BCUT2D eigenvalue weighted by atomic mass is 10.3. The highest BCUT2D eigenvalue weighted by molar-refractivity contribution is 8.01. The Labute approximate surface area is 79.1 Å². The normalized spacial score (nSPS) is 11.3. The van der Waals surface area contributed by atoms with Crippen molar-refractivity contribution in [2.75, 3.05) is 12.4 Å². The van der Waals surface area contributed by atoms with Crippen LogP contribution in [0.3, 0.4) is 0 Å². The molecule has 0 aliphatic heterocycles. The Hall–Kier alpha value is -0.180. The number of ether oxygens (including phenoxy) is 1. The summed E-state index contributed by atoms with van der Waals surface area (Å²) in [5.74, 6) is 0.362. The van der Waals surface area contributed by atoms with Crippen molar-refractivity contribution in [2.24, 2.45) is 0 Å². The minimum Gasteiger partial charge on any atom is -0.465 e. The standard InChI is InChI=1S/C9H18O2S/c1-5-6-11-8(10)7-12-9(2,3)4/h5-7H2,1-4H3. The Bertz CT molecular complexity index is 138. The molecule has 0 fully saturated rings. The van der Waals surface area contributed by atoms with Crippen LogP contribution >= 0.6 is 11.8 Å². The Morgan fingerprint density at radius 3 is 2.42 bits per heavy atom. The quantitative estimate of drug-likeness (QED) is 0.637. The van der Waals surface area contributed by atoms with Gasteiger partial charge in [0.15, 0.2) is 0 Å². The van der Waals surface area contributed by atoms with E-state index < -0.39 is 0 Å². The molecular weight excluding hydrogens is 172 g/mol. The molecule has 0 saturated heterocycles. The first-order valence-corrected chi connectivity index (χ1v) is 5.24. The number of thioether (sulfide) groups is 1. The first kappa shape index (κ1) is 11.8. The molecule has 0 atom stereocenters. The van der Waals surface area contributed by atoms with E-state index in [4.69, 9.17) is 4.74 Å². The van der Waals surface area contributed by atoms with Gasteiger partial charge in [0.05, 0.1) is 12.4 Å². The zero-order valence-corrected chi connectivity index (χ0v) is 9.16. The number of rotatable bonds is 4. The Morgan fingerprint density at radius 2 is 2.00 bits per heavy atom. The van der Waals surface area contributed by atoms with E-state index in [1.54, 1.807) is 11.8 Å². The Morgan fingerprint density at radius 1 is 1.42 bits per heavy atom. The van der Waals surface area contributed by atoms with Crippen LogP contribution in [0.5, 0.6) is 0 Å². The van der Waals surface area contributed by atoms with Crippen LogP contribution < -0.4 is 0 Å². The molecule has 0 aromatic carbocycles. The second kappa shape index (κ2) is 5.46. The number of carbonyl (C=O) groups is 1. The third kappa shape index (κ3) is 7.92. The van der Waals surface area contributed by atoms with Gasteiger partial charge in [0.25, 0.3) is 0 Å². The monoisotopic (exact) mass is 190 g/mol. The second-order valence-electron chi connectivity index (χ2n) is 3.62. The van der Waals surface area contributed by atoms with Crippen molar-refractivity contribution in [3.8, 4) is 0 Å². The van der Waals surface area contributed by atoms with Gasteiger partial charge in [-0.2, -0.15) is 0 Å².